The molecule has 1 atom stereocenters. The highest BCUT2D eigenvalue weighted by Crippen LogP contribution is 2.19. The van der Waals surface area contributed by atoms with E-state index in [1.54, 1.807) is 24.3 Å². The van der Waals surface area contributed by atoms with Crippen LogP contribution in [0.15, 0.2) is 29.2 Å². The third kappa shape index (κ3) is 4.16. The molecule has 21 heavy (non-hydrogen) atoms. The first-order valence-corrected chi connectivity index (χ1v) is 8.68. The number of aliphatic hydroxyl groups is 1. The van der Waals surface area contributed by atoms with Gasteiger partial charge in [-0.25, -0.2) is 13.1 Å². The van der Waals surface area contributed by atoms with Gasteiger partial charge in [0.05, 0.1) is 11.5 Å². The smallest absolute Gasteiger partial charge is 0.240 e. The second-order valence-electron chi connectivity index (χ2n) is 5.16. The Balaban J connectivity index is 2.12. The number of anilines is 1. The van der Waals surface area contributed by atoms with E-state index in [1.165, 1.54) is 13.5 Å². The van der Waals surface area contributed by atoms with E-state index >= 15 is 0 Å². The molecular weight excluding hydrogens is 290 g/mol. The molecule has 0 saturated carbocycles. The van der Waals surface area contributed by atoms with Crippen LogP contribution in [-0.2, 0) is 10.0 Å². The van der Waals surface area contributed by atoms with Crippen molar-refractivity contribution in [2.24, 2.45) is 0 Å². The van der Waals surface area contributed by atoms with Crippen LogP contribution >= 0.6 is 0 Å². The third-order valence-corrected chi connectivity index (χ3v) is 5.18. The van der Waals surface area contributed by atoms with Crippen molar-refractivity contribution in [3.05, 3.63) is 24.3 Å². The van der Waals surface area contributed by atoms with Crippen LogP contribution in [0.3, 0.4) is 0 Å². The zero-order valence-corrected chi connectivity index (χ0v) is 13.1. The molecule has 7 heteroatoms. The lowest BCUT2D eigenvalue weighted by Crippen LogP contribution is -2.39. The van der Waals surface area contributed by atoms with Gasteiger partial charge in [0.1, 0.15) is 0 Å². The van der Waals surface area contributed by atoms with Gasteiger partial charge in [0, 0.05) is 24.8 Å². The minimum atomic E-state index is -3.41. The van der Waals surface area contributed by atoms with Gasteiger partial charge in [-0.3, -0.25) is 0 Å². The summed E-state index contributed by atoms with van der Waals surface area (Å²) >= 11 is 0. The zero-order valence-electron chi connectivity index (χ0n) is 12.2. The van der Waals surface area contributed by atoms with Crippen molar-refractivity contribution in [1.29, 1.82) is 0 Å². The van der Waals surface area contributed by atoms with Gasteiger partial charge in [-0.1, -0.05) is 0 Å². The second kappa shape index (κ2) is 7.22. The molecule has 118 valence electrons. The van der Waals surface area contributed by atoms with E-state index in [4.69, 9.17) is 0 Å². The zero-order chi connectivity index (χ0) is 15.3. The normalized spacial score (nSPS) is 18.9. The average molecular weight is 313 g/mol. The molecule has 1 unspecified atom stereocenters. The summed E-state index contributed by atoms with van der Waals surface area (Å²) in [5, 5.41) is 12.7. The Kier molecular flexibility index (Phi) is 5.58. The second-order valence-corrected chi connectivity index (χ2v) is 7.05. The first-order chi connectivity index (χ1) is 10.1. The quantitative estimate of drug-likeness (QED) is 0.667. The fraction of sp³-hybridized carbons (Fsp3) is 0.571. The predicted molar refractivity (Wildman–Crippen MR) is 83.0 cm³/mol. The standard InChI is InChI=1S/C14H23N3O3S/c1-15-21(19,20)14-6-4-13(5-7-14)17(9-10-18)11-12-3-2-8-16-12/h4-7,12,15-16,18H,2-3,8-11H2,1H3. The monoisotopic (exact) mass is 313 g/mol. The van der Waals surface area contributed by atoms with Crippen molar-refractivity contribution >= 4 is 15.7 Å². The molecule has 1 saturated heterocycles. The Hall–Kier alpha value is -1.15. The fourth-order valence-electron chi connectivity index (χ4n) is 2.58. The number of nitrogens with zero attached hydrogens (tertiary/aromatic N) is 1. The van der Waals surface area contributed by atoms with Crippen LogP contribution in [0.4, 0.5) is 5.69 Å². The van der Waals surface area contributed by atoms with Crippen LogP contribution in [0.25, 0.3) is 0 Å². The topological polar surface area (TPSA) is 81.7 Å². The van der Waals surface area contributed by atoms with E-state index in [9.17, 15) is 13.5 Å². The minimum absolute atomic E-state index is 0.0727. The Labute approximate surface area is 126 Å². The molecule has 1 aliphatic rings. The number of aliphatic hydroxyl groups excluding tert-OH is 1. The third-order valence-electron chi connectivity index (χ3n) is 3.75. The molecule has 2 rings (SSSR count). The Morgan fingerprint density at radius 2 is 2.10 bits per heavy atom. The van der Waals surface area contributed by atoms with Gasteiger partial charge in [0.15, 0.2) is 0 Å². The number of sulfonamides is 1. The highest BCUT2D eigenvalue weighted by Gasteiger charge is 2.18. The van der Waals surface area contributed by atoms with E-state index < -0.39 is 10.0 Å². The molecule has 0 aliphatic carbocycles. The van der Waals surface area contributed by atoms with Gasteiger partial charge in [0.2, 0.25) is 10.0 Å². The summed E-state index contributed by atoms with van der Waals surface area (Å²) in [7, 11) is -2.01. The highest BCUT2D eigenvalue weighted by atomic mass is 32.2. The van der Waals surface area contributed by atoms with E-state index in [2.05, 4.69) is 14.9 Å². The molecule has 1 heterocycles. The summed E-state index contributed by atoms with van der Waals surface area (Å²) in [6.45, 7) is 2.47. The van der Waals surface area contributed by atoms with E-state index in [1.807, 2.05) is 0 Å². The summed E-state index contributed by atoms with van der Waals surface area (Å²) in [5.74, 6) is 0. The highest BCUT2D eigenvalue weighted by molar-refractivity contribution is 7.89. The Morgan fingerprint density at radius 3 is 2.62 bits per heavy atom. The SMILES string of the molecule is CNS(=O)(=O)c1ccc(N(CCO)CC2CCCN2)cc1. The molecule has 0 bridgehead atoms. The van der Waals surface area contributed by atoms with Crippen molar-refractivity contribution in [1.82, 2.24) is 10.0 Å². The Morgan fingerprint density at radius 1 is 1.38 bits per heavy atom. The minimum Gasteiger partial charge on any atom is -0.395 e. The molecule has 1 aromatic carbocycles. The largest absolute Gasteiger partial charge is 0.395 e. The van der Waals surface area contributed by atoms with Crippen LogP contribution in [0, 0.1) is 0 Å². The number of benzene rings is 1. The van der Waals surface area contributed by atoms with Gasteiger partial charge in [0.25, 0.3) is 0 Å². The van der Waals surface area contributed by atoms with Crippen LogP contribution < -0.4 is 14.9 Å². The number of nitrogens with one attached hydrogen (secondary N) is 2. The van der Waals surface area contributed by atoms with Crippen LogP contribution in [0.2, 0.25) is 0 Å². The van der Waals surface area contributed by atoms with E-state index in [0.717, 1.165) is 25.2 Å². The van der Waals surface area contributed by atoms with Gasteiger partial charge in [-0.05, 0) is 50.7 Å². The summed E-state index contributed by atoms with van der Waals surface area (Å²) in [5.41, 5.74) is 0.924. The number of rotatable bonds is 7. The lowest BCUT2D eigenvalue weighted by Gasteiger charge is -2.27. The fourth-order valence-corrected chi connectivity index (χ4v) is 3.31. The molecule has 0 spiro atoms. The van der Waals surface area contributed by atoms with Crippen LogP contribution in [-0.4, -0.2) is 52.9 Å². The van der Waals surface area contributed by atoms with E-state index in [0.29, 0.717) is 12.6 Å². The summed E-state index contributed by atoms with van der Waals surface area (Å²) in [6, 6.07) is 7.18. The number of hydrogen-bond donors (Lipinski definition) is 3. The molecule has 0 amide bonds. The predicted octanol–water partition coefficient (Wildman–Crippen LogP) is 0.145. The van der Waals surface area contributed by atoms with Gasteiger partial charge < -0.3 is 15.3 Å². The number of hydrogen-bond acceptors (Lipinski definition) is 5. The first kappa shape index (κ1) is 16.2. The summed E-state index contributed by atoms with van der Waals surface area (Å²) < 4.78 is 25.7. The van der Waals surface area contributed by atoms with Crippen molar-refractivity contribution < 1.29 is 13.5 Å². The van der Waals surface area contributed by atoms with Crippen molar-refractivity contribution in [2.75, 3.05) is 38.2 Å². The van der Waals surface area contributed by atoms with Crippen molar-refractivity contribution in [3.63, 3.8) is 0 Å². The van der Waals surface area contributed by atoms with Crippen molar-refractivity contribution in [3.8, 4) is 0 Å². The molecular formula is C14H23N3O3S. The first-order valence-electron chi connectivity index (χ1n) is 7.19. The van der Waals surface area contributed by atoms with Crippen LogP contribution in [0.5, 0.6) is 0 Å². The van der Waals surface area contributed by atoms with Gasteiger partial charge in [-0.15, -0.1) is 0 Å². The lowest BCUT2D eigenvalue weighted by molar-refractivity contribution is 0.300. The Bertz CT molecular complexity index is 539. The maximum atomic E-state index is 11.7. The molecule has 1 aliphatic heterocycles. The summed E-state index contributed by atoms with van der Waals surface area (Å²) in [4.78, 5) is 2.33. The molecule has 0 aromatic heterocycles. The molecule has 0 radical (unpaired) electrons. The molecule has 1 fully saturated rings. The van der Waals surface area contributed by atoms with Crippen molar-refractivity contribution in [2.45, 2.75) is 23.8 Å². The molecule has 1 aromatic rings. The lowest BCUT2D eigenvalue weighted by atomic mass is 10.2. The average Bonchev–Trinajstić information content (AvgIpc) is 3.00. The molecule has 6 nitrogen and oxygen atoms in total. The van der Waals surface area contributed by atoms with Gasteiger partial charge in [-0.2, -0.15) is 0 Å². The maximum Gasteiger partial charge on any atom is 0.240 e. The van der Waals surface area contributed by atoms with Gasteiger partial charge >= 0.3 is 0 Å². The van der Waals surface area contributed by atoms with E-state index in [-0.39, 0.29) is 11.5 Å². The summed E-state index contributed by atoms with van der Waals surface area (Å²) in [6.07, 6.45) is 2.31. The maximum absolute atomic E-state index is 11.7. The van der Waals surface area contributed by atoms with Crippen LogP contribution in [0.1, 0.15) is 12.8 Å². The molecule has 3 N–H and O–H groups in total.